The second-order valence-electron chi connectivity index (χ2n) is 7.13. The highest BCUT2D eigenvalue weighted by Crippen LogP contribution is 2.26. The van der Waals surface area contributed by atoms with E-state index in [1.165, 1.54) is 12.1 Å². The summed E-state index contributed by atoms with van der Waals surface area (Å²) >= 11 is 0. The largest absolute Gasteiger partial charge is 0.573 e. The first-order chi connectivity index (χ1) is 13.9. The average Bonchev–Trinajstić information content (AvgIpc) is 3.31. The van der Waals surface area contributed by atoms with Gasteiger partial charge in [-0.3, -0.25) is 15.0 Å². The van der Waals surface area contributed by atoms with Crippen LogP contribution in [0.5, 0.6) is 5.75 Å². The van der Waals surface area contributed by atoms with E-state index in [2.05, 4.69) is 29.8 Å². The molecule has 29 heavy (non-hydrogen) atoms. The normalized spacial score (nSPS) is 17.6. The van der Waals surface area contributed by atoms with Gasteiger partial charge < -0.3 is 4.74 Å². The van der Waals surface area contributed by atoms with Crippen LogP contribution in [-0.2, 0) is 13.0 Å². The van der Waals surface area contributed by atoms with Gasteiger partial charge in [-0.1, -0.05) is 12.1 Å². The van der Waals surface area contributed by atoms with Crippen LogP contribution in [0.4, 0.5) is 13.2 Å². The molecular weight excluding hydrogens is 383 g/mol. The maximum atomic E-state index is 12.4. The highest BCUT2D eigenvalue weighted by Gasteiger charge is 2.31. The predicted octanol–water partition coefficient (Wildman–Crippen LogP) is 3.83. The lowest BCUT2D eigenvalue weighted by molar-refractivity contribution is -0.274. The van der Waals surface area contributed by atoms with Gasteiger partial charge in [-0.05, 0) is 48.7 Å². The number of likely N-dealkylation sites (tertiary alicyclic amines) is 1. The van der Waals surface area contributed by atoms with Gasteiger partial charge in [0.2, 0.25) is 0 Å². The Morgan fingerprint density at radius 1 is 1.17 bits per heavy atom. The third kappa shape index (κ3) is 5.32. The Balaban J connectivity index is 1.32. The molecule has 1 aromatic carbocycles. The molecule has 1 N–H and O–H groups in total. The lowest BCUT2D eigenvalue weighted by Crippen LogP contribution is -2.21. The zero-order chi connectivity index (χ0) is 20.3. The van der Waals surface area contributed by atoms with Crippen molar-refractivity contribution in [3.05, 3.63) is 60.2 Å². The molecule has 152 valence electrons. The van der Waals surface area contributed by atoms with Gasteiger partial charge in [0.15, 0.2) is 5.82 Å². The lowest BCUT2D eigenvalue weighted by Gasteiger charge is -2.17. The van der Waals surface area contributed by atoms with Gasteiger partial charge >= 0.3 is 6.36 Å². The second kappa shape index (κ2) is 8.20. The van der Waals surface area contributed by atoms with Crippen LogP contribution in [0.1, 0.15) is 17.8 Å². The van der Waals surface area contributed by atoms with Gasteiger partial charge in [-0.15, -0.1) is 13.2 Å². The van der Waals surface area contributed by atoms with Crippen molar-refractivity contribution < 1.29 is 17.9 Å². The van der Waals surface area contributed by atoms with E-state index in [-0.39, 0.29) is 5.75 Å². The van der Waals surface area contributed by atoms with Crippen molar-refractivity contribution in [2.45, 2.75) is 25.7 Å². The van der Waals surface area contributed by atoms with Crippen LogP contribution >= 0.6 is 0 Å². The van der Waals surface area contributed by atoms with Crippen LogP contribution < -0.4 is 4.74 Å². The van der Waals surface area contributed by atoms with Gasteiger partial charge in [-0.2, -0.15) is 5.10 Å². The first-order valence-electron chi connectivity index (χ1n) is 9.33. The fraction of sp³-hybridized carbons (Fsp3) is 0.350. The molecule has 0 amide bonds. The Kier molecular flexibility index (Phi) is 5.48. The molecule has 0 saturated carbocycles. The SMILES string of the molecule is FC(F)(F)Oc1cccc(CN2CCC(Cc3nc(-c4ccncc4)n[nH]3)C2)c1. The van der Waals surface area contributed by atoms with Crippen molar-refractivity contribution in [2.75, 3.05) is 13.1 Å². The lowest BCUT2D eigenvalue weighted by atomic mass is 10.0. The van der Waals surface area contributed by atoms with E-state index in [4.69, 9.17) is 0 Å². The van der Waals surface area contributed by atoms with E-state index in [1.807, 2.05) is 18.2 Å². The summed E-state index contributed by atoms with van der Waals surface area (Å²) in [5, 5.41) is 7.27. The Bertz CT molecular complexity index is 945. The Hall–Kier alpha value is -2.94. The van der Waals surface area contributed by atoms with E-state index >= 15 is 0 Å². The summed E-state index contributed by atoms with van der Waals surface area (Å²) in [7, 11) is 0. The molecule has 1 aliphatic rings. The molecule has 4 rings (SSSR count). The number of pyridine rings is 1. The molecule has 0 aliphatic carbocycles. The highest BCUT2D eigenvalue weighted by molar-refractivity contribution is 5.52. The molecule has 2 aromatic heterocycles. The molecule has 0 bridgehead atoms. The molecule has 1 atom stereocenters. The van der Waals surface area contributed by atoms with E-state index in [0.717, 1.165) is 42.9 Å². The molecule has 9 heteroatoms. The smallest absolute Gasteiger partial charge is 0.406 e. The summed E-state index contributed by atoms with van der Waals surface area (Å²) in [6.07, 6.45) is 0.517. The van der Waals surface area contributed by atoms with Crippen LogP contribution in [0.2, 0.25) is 0 Å². The van der Waals surface area contributed by atoms with Gasteiger partial charge in [0, 0.05) is 37.5 Å². The monoisotopic (exact) mass is 403 g/mol. The highest BCUT2D eigenvalue weighted by atomic mass is 19.4. The van der Waals surface area contributed by atoms with Crippen LogP contribution in [-0.4, -0.2) is 44.5 Å². The van der Waals surface area contributed by atoms with Crippen LogP contribution in [0.3, 0.4) is 0 Å². The minimum Gasteiger partial charge on any atom is -0.406 e. The summed E-state index contributed by atoms with van der Waals surface area (Å²) < 4.78 is 41.2. The molecule has 3 heterocycles. The van der Waals surface area contributed by atoms with Crippen molar-refractivity contribution in [2.24, 2.45) is 5.92 Å². The number of hydrogen-bond donors (Lipinski definition) is 1. The van der Waals surface area contributed by atoms with Gasteiger partial charge in [-0.25, -0.2) is 4.98 Å². The molecule has 0 spiro atoms. The fourth-order valence-corrected chi connectivity index (χ4v) is 3.61. The number of rotatable bonds is 6. The van der Waals surface area contributed by atoms with E-state index < -0.39 is 6.36 Å². The number of nitrogens with one attached hydrogen (secondary N) is 1. The molecule has 1 fully saturated rings. The fourth-order valence-electron chi connectivity index (χ4n) is 3.61. The summed E-state index contributed by atoms with van der Waals surface area (Å²) in [5.41, 5.74) is 1.71. The van der Waals surface area contributed by atoms with Crippen LogP contribution in [0.15, 0.2) is 48.8 Å². The number of aromatic amines is 1. The zero-order valence-electron chi connectivity index (χ0n) is 15.6. The maximum Gasteiger partial charge on any atom is 0.573 e. The second-order valence-corrected chi connectivity index (χ2v) is 7.13. The molecular formula is C20H20F3N5O. The van der Waals surface area contributed by atoms with E-state index in [1.54, 1.807) is 18.5 Å². The molecule has 1 aliphatic heterocycles. The van der Waals surface area contributed by atoms with Gasteiger partial charge in [0.1, 0.15) is 11.6 Å². The van der Waals surface area contributed by atoms with Crippen LogP contribution in [0.25, 0.3) is 11.4 Å². The maximum absolute atomic E-state index is 12.4. The number of H-pyrrole nitrogens is 1. The quantitative estimate of drug-likeness (QED) is 0.678. The molecule has 3 aromatic rings. The van der Waals surface area contributed by atoms with E-state index in [0.29, 0.717) is 18.3 Å². The number of alkyl halides is 3. The summed E-state index contributed by atoms with van der Waals surface area (Å²) in [4.78, 5) is 10.8. The molecule has 0 radical (unpaired) electrons. The van der Waals surface area contributed by atoms with Crippen molar-refractivity contribution in [3.8, 4) is 17.1 Å². The Morgan fingerprint density at radius 3 is 2.79 bits per heavy atom. The number of ether oxygens (including phenoxy) is 1. The third-order valence-corrected chi connectivity index (χ3v) is 4.86. The topological polar surface area (TPSA) is 66.9 Å². The van der Waals surface area contributed by atoms with Crippen molar-refractivity contribution in [3.63, 3.8) is 0 Å². The first kappa shape index (κ1) is 19.4. The van der Waals surface area contributed by atoms with Crippen molar-refractivity contribution in [1.82, 2.24) is 25.1 Å². The standard InChI is InChI=1S/C20H20F3N5O/c21-20(22,23)29-17-3-1-2-14(10-17)12-28-9-6-15(13-28)11-18-25-19(27-26-18)16-4-7-24-8-5-16/h1-5,7-8,10,15H,6,9,11-13H2,(H,25,26,27). The summed E-state index contributed by atoms with van der Waals surface area (Å²) in [6, 6.07) is 9.88. The average molecular weight is 403 g/mol. The number of halogens is 3. The number of nitrogens with zero attached hydrogens (tertiary/aromatic N) is 4. The minimum absolute atomic E-state index is 0.184. The molecule has 6 nitrogen and oxygen atoms in total. The predicted molar refractivity (Wildman–Crippen MR) is 99.8 cm³/mol. The van der Waals surface area contributed by atoms with Crippen molar-refractivity contribution >= 4 is 0 Å². The summed E-state index contributed by atoms with van der Waals surface area (Å²) in [5.74, 6) is 1.72. The first-order valence-corrected chi connectivity index (χ1v) is 9.33. The minimum atomic E-state index is -4.68. The Labute approximate surface area is 165 Å². The Morgan fingerprint density at radius 2 is 2.00 bits per heavy atom. The number of aromatic nitrogens is 4. The number of benzene rings is 1. The number of hydrogen-bond acceptors (Lipinski definition) is 5. The molecule has 1 saturated heterocycles. The zero-order valence-corrected chi connectivity index (χ0v) is 15.6. The van der Waals surface area contributed by atoms with Crippen molar-refractivity contribution in [1.29, 1.82) is 0 Å². The van der Waals surface area contributed by atoms with Crippen LogP contribution in [0, 0.1) is 5.92 Å². The third-order valence-electron chi connectivity index (χ3n) is 4.86. The summed E-state index contributed by atoms with van der Waals surface area (Å²) in [6.45, 7) is 2.33. The van der Waals surface area contributed by atoms with Gasteiger partial charge in [0.05, 0.1) is 0 Å². The van der Waals surface area contributed by atoms with Gasteiger partial charge in [0.25, 0.3) is 0 Å². The molecule has 1 unspecified atom stereocenters. The van der Waals surface area contributed by atoms with E-state index in [9.17, 15) is 13.2 Å².